The molecule has 0 saturated heterocycles. The Morgan fingerprint density at radius 1 is 1.10 bits per heavy atom. The topological polar surface area (TPSA) is 39.1 Å². The number of hydrogen-bond donors (Lipinski definition) is 1. The molecule has 3 heteroatoms. The van der Waals surface area contributed by atoms with Crippen molar-refractivity contribution in [2.75, 3.05) is 19.6 Å². The monoisotopic (exact) mass is 277 g/mol. The van der Waals surface area contributed by atoms with Crippen LogP contribution in [0.4, 0.5) is 0 Å². The quantitative estimate of drug-likeness (QED) is 0.630. The molecule has 2 saturated carbocycles. The summed E-state index contributed by atoms with van der Waals surface area (Å²) < 4.78 is 0. The van der Waals surface area contributed by atoms with Crippen molar-refractivity contribution in [2.24, 2.45) is 5.92 Å². The van der Waals surface area contributed by atoms with Crippen LogP contribution in [0.2, 0.25) is 0 Å². The van der Waals surface area contributed by atoms with Crippen molar-refractivity contribution in [2.45, 2.75) is 76.8 Å². The summed E-state index contributed by atoms with van der Waals surface area (Å²) in [5.74, 6) is 0.596. The lowest BCUT2D eigenvalue weighted by Gasteiger charge is -2.34. The maximum absolute atomic E-state index is 9.82. The lowest BCUT2D eigenvalue weighted by Crippen LogP contribution is -2.55. The molecule has 3 nitrogen and oxygen atoms in total. The molecule has 0 spiro atoms. The van der Waals surface area contributed by atoms with Gasteiger partial charge in [0.1, 0.15) is 5.54 Å². The van der Waals surface area contributed by atoms with Crippen molar-refractivity contribution in [3.8, 4) is 6.07 Å². The van der Waals surface area contributed by atoms with Gasteiger partial charge in [-0.2, -0.15) is 5.26 Å². The normalized spacial score (nSPS) is 21.7. The van der Waals surface area contributed by atoms with Gasteiger partial charge in [0.05, 0.1) is 6.07 Å². The van der Waals surface area contributed by atoms with E-state index in [1.165, 1.54) is 51.4 Å². The summed E-state index contributed by atoms with van der Waals surface area (Å²) in [5, 5.41) is 13.5. The van der Waals surface area contributed by atoms with E-state index >= 15 is 0 Å². The fourth-order valence-corrected chi connectivity index (χ4v) is 3.01. The van der Waals surface area contributed by atoms with Gasteiger partial charge in [-0.05, 0) is 57.5 Å². The average molecular weight is 277 g/mol. The van der Waals surface area contributed by atoms with Gasteiger partial charge in [-0.1, -0.05) is 26.7 Å². The summed E-state index contributed by atoms with van der Waals surface area (Å²) >= 11 is 0. The van der Waals surface area contributed by atoms with E-state index in [9.17, 15) is 5.26 Å². The standard InChI is InChI=1S/C17H31N3/c1-3-5-11-20(12-6-4-2)14-17(13-18,15-7-8-15)19-16-9-10-16/h15-16,19H,3-12,14H2,1-2H3. The molecule has 114 valence electrons. The molecule has 1 N–H and O–H groups in total. The molecule has 0 aromatic heterocycles. The second kappa shape index (κ2) is 7.43. The molecule has 20 heavy (non-hydrogen) atoms. The first-order chi connectivity index (χ1) is 9.74. The summed E-state index contributed by atoms with van der Waals surface area (Å²) in [5.41, 5.74) is -0.261. The predicted molar refractivity (Wildman–Crippen MR) is 83.5 cm³/mol. The minimum atomic E-state index is -0.261. The maximum atomic E-state index is 9.82. The first-order valence-electron chi connectivity index (χ1n) is 8.65. The van der Waals surface area contributed by atoms with Gasteiger partial charge in [-0.25, -0.2) is 0 Å². The van der Waals surface area contributed by atoms with Crippen molar-refractivity contribution in [3.63, 3.8) is 0 Å². The number of rotatable bonds is 11. The minimum absolute atomic E-state index is 0.261. The average Bonchev–Trinajstić information content (AvgIpc) is 3.33. The molecule has 2 aliphatic rings. The van der Waals surface area contributed by atoms with Crippen molar-refractivity contribution in [1.29, 1.82) is 5.26 Å². The minimum Gasteiger partial charge on any atom is -0.300 e. The van der Waals surface area contributed by atoms with Gasteiger partial charge < -0.3 is 4.90 Å². The van der Waals surface area contributed by atoms with Gasteiger partial charge >= 0.3 is 0 Å². The molecule has 0 heterocycles. The van der Waals surface area contributed by atoms with Crippen LogP contribution in [0.3, 0.4) is 0 Å². The smallest absolute Gasteiger partial charge is 0.122 e. The molecule has 0 aromatic rings. The van der Waals surface area contributed by atoms with Crippen LogP contribution >= 0.6 is 0 Å². The van der Waals surface area contributed by atoms with Crippen LogP contribution in [-0.2, 0) is 0 Å². The van der Waals surface area contributed by atoms with E-state index in [-0.39, 0.29) is 5.54 Å². The van der Waals surface area contributed by atoms with Crippen LogP contribution in [-0.4, -0.2) is 36.1 Å². The highest BCUT2D eigenvalue weighted by Crippen LogP contribution is 2.41. The first-order valence-corrected chi connectivity index (χ1v) is 8.65. The summed E-state index contributed by atoms with van der Waals surface area (Å²) in [7, 11) is 0. The summed E-state index contributed by atoms with van der Waals surface area (Å²) in [6.07, 6.45) is 9.98. The molecular weight excluding hydrogens is 246 g/mol. The van der Waals surface area contributed by atoms with Gasteiger partial charge in [0.25, 0.3) is 0 Å². The Hall–Kier alpha value is -0.590. The highest BCUT2D eigenvalue weighted by molar-refractivity contribution is 5.18. The zero-order valence-electron chi connectivity index (χ0n) is 13.3. The molecule has 0 bridgehead atoms. The Morgan fingerprint density at radius 2 is 1.70 bits per heavy atom. The van der Waals surface area contributed by atoms with Crippen molar-refractivity contribution < 1.29 is 0 Å². The van der Waals surface area contributed by atoms with Crippen LogP contribution < -0.4 is 5.32 Å². The zero-order chi connectivity index (χ0) is 14.4. The highest BCUT2D eigenvalue weighted by atomic mass is 15.2. The molecule has 2 rings (SSSR count). The third kappa shape index (κ3) is 4.46. The van der Waals surface area contributed by atoms with Crippen LogP contribution in [0.15, 0.2) is 0 Å². The highest BCUT2D eigenvalue weighted by Gasteiger charge is 2.48. The lowest BCUT2D eigenvalue weighted by molar-refractivity contribution is 0.189. The third-order valence-electron chi connectivity index (χ3n) is 4.64. The largest absolute Gasteiger partial charge is 0.300 e. The second-order valence-electron chi connectivity index (χ2n) is 6.76. The molecule has 0 amide bonds. The maximum Gasteiger partial charge on any atom is 0.122 e. The summed E-state index contributed by atoms with van der Waals surface area (Å²) in [6, 6.07) is 3.30. The molecule has 1 atom stereocenters. The molecule has 0 aromatic carbocycles. The van der Waals surface area contributed by atoms with E-state index in [1.807, 2.05) is 0 Å². The Morgan fingerprint density at radius 3 is 2.10 bits per heavy atom. The van der Waals surface area contributed by atoms with Gasteiger partial charge in [0.15, 0.2) is 0 Å². The third-order valence-corrected chi connectivity index (χ3v) is 4.64. The van der Waals surface area contributed by atoms with Crippen molar-refractivity contribution >= 4 is 0 Å². The van der Waals surface area contributed by atoms with E-state index in [2.05, 4.69) is 30.1 Å². The summed E-state index contributed by atoms with van der Waals surface area (Å²) in [4.78, 5) is 2.55. The van der Waals surface area contributed by atoms with E-state index in [1.54, 1.807) is 0 Å². The van der Waals surface area contributed by atoms with Crippen LogP contribution in [0, 0.1) is 17.2 Å². The van der Waals surface area contributed by atoms with E-state index < -0.39 is 0 Å². The Kier molecular flexibility index (Phi) is 5.86. The van der Waals surface area contributed by atoms with Crippen molar-refractivity contribution in [1.82, 2.24) is 10.2 Å². The fraction of sp³-hybridized carbons (Fsp3) is 0.941. The van der Waals surface area contributed by atoms with Gasteiger partial charge in [-0.15, -0.1) is 0 Å². The molecule has 0 radical (unpaired) electrons. The van der Waals surface area contributed by atoms with Crippen LogP contribution in [0.25, 0.3) is 0 Å². The molecular formula is C17H31N3. The van der Waals surface area contributed by atoms with E-state index in [0.29, 0.717) is 12.0 Å². The Labute approximate surface area is 124 Å². The van der Waals surface area contributed by atoms with Crippen molar-refractivity contribution in [3.05, 3.63) is 0 Å². The Bertz CT molecular complexity index is 320. The molecule has 0 aliphatic heterocycles. The number of unbranched alkanes of at least 4 members (excludes halogenated alkanes) is 2. The van der Waals surface area contributed by atoms with Gasteiger partial charge in [0, 0.05) is 12.6 Å². The lowest BCUT2D eigenvalue weighted by atomic mass is 9.93. The van der Waals surface area contributed by atoms with Crippen LogP contribution in [0.1, 0.15) is 65.2 Å². The Balaban J connectivity index is 1.96. The van der Waals surface area contributed by atoms with Gasteiger partial charge in [-0.3, -0.25) is 5.32 Å². The second-order valence-corrected chi connectivity index (χ2v) is 6.76. The first kappa shape index (κ1) is 15.8. The molecule has 2 fully saturated rings. The fourth-order valence-electron chi connectivity index (χ4n) is 3.01. The number of nitriles is 1. The summed E-state index contributed by atoms with van der Waals surface area (Å²) in [6.45, 7) is 7.74. The predicted octanol–water partition coefficient (Wildman–Crippen LogP) is 3.31. The number of hydrogen-bond acceptors (Lipinski definition) is 3. The SMILES string of the molecule is CCCCN(CCCC)CC(C#N)(NC1CC1)C1CC1. The number of nitrogens with one attached hydrogen (secondary N) is 1. The van der Waals surface area contributed by atoms with E-state index in [4.69, 9.17) is 0 Å². The van der Waals surface area contributed by atoms with Gasteiger partial charge in [0.2, 0.25) is 0 Å². The van der Waals surface area contributed by atoms with Crippen LogP contribution in [0.5, 0.6) is 0 Å². The van der Waals surface area contributed by atoms with E-state index in [0.717, 1.165) is 19.6 Å². The molecule has 2 aliphatic carbocycles. The zero-order valence-corrected chi connectivity index (χ0v) is 13.3. The number of nitrogens with zero attached hydrogens (tertiary/aromatic N) is 2. The molecule has 1 unspecified atom stereocenters.